The number of rotatable bonds is 6. The van der Waals surface area contributed by atoms with E-state index in [0.717, 1.165) is 32.5 Å². The first-order valence-corrected chi connectivity index (χ1v) is 8.18. The first-order valence-electron chi connectivity index (χ1n) is 8.18. The standard InChI is InChI=1S/C18H31N3/c1-5-18(14-19,11-16-9-7-6-8-10-16)21-12-15(2)17(13-21)20(3)4/h6-10,15,17H,5,11-14,19H2,1-4H3. The summed E-state index contributed by atoms with van der Waals surface area (Å²) in [5.74, 6) is 0.702. The molecule has 1 aromatic rings. The van der Waals surface area contributed by atoms with Crippen LogP contribution in [0.3, 0.4) is 0 Å². The van der Waals surface area contributed by atoms with E-state index in [9.17, 15) is 0 Å². The van der Waals surface area contributed by atoms with Gasteiger partial charge in [0.25, 0.3) is 0 Å². The van der Waals surface area contributed by atoms with Gasteiger partial charge < -0.3 is 10.6 Å². The summed E-state index contributed by atoms with van der Waals surface area (Å²) >= 11 is 0. The Labute approximate surface area is 130 Å². The first kappa shape index (κ1) is 16.5. The minimum Gasteiger partial charge on any atom is -0.329 e. The molecule has 3 unspecified atom stereocenters. The van der Waals surface area contributed by atoms with Gasteiger partial charge in [0.15, 0.2) is 0 Å². The molecule has 1 aliphatic rings. The van der Waals surface area contributed by atoms with Crippen molar-refractivity contribution >= 4 is 0 Å². The van der Waals surface area contributed by atoms with Crippen LogP contribution in [-0.4, -0.2) is 55.1 Å². The van der Waals surface area contributed by atoms with Crippen molar-refractivity contribution in [2.75, 3.05) is 33.7 Å². The predicted molar refractivity (Wildman–Crippen MR) is 90.4 cm³/mol. The van der Waals surface area contributed by atoms with E-state index in [-0.39, 0.29) is 5.54 Å². The second-order valence-corrected chi connectivity index (χ2v) is 6.86. The predicted octanol–water partition coefficient (Wildman–Crippen LogP) is 2.22. The van der Waals surface area contributed by atoms with Crippen molar-refractivity contribution < 1.29 is 0 Å². The monoisotopic (exact) mass is 289 g/mol. The lowest BCUT2D eigenvalue weighted by molar-refractivity contribution is 0.108. The average Bonchev–Trinajstić information content (AvgIpc) is 2.88. The van der Waals surface area contributed by atoms with Crippen molar-refractivity contribution in [3.8, 4) is 0 Å². The fraction of sp³-hybridized carbons (Fsp3) is 0.667. The Balaban J connectivity index is 2.18. The van der Waals surface area contributed by atoms with E-state index in [0.29, 0.717) is 12.0 Å². The minimum atomic E-state index is 0.0976. The Morgan fingerprint density at radius 3 is 2.38 bits per heavy atom. The highest BCUT2D eigenvalue weighted by Gasteiger charge is 2.41. The van der Waals surface area contributed by atoms with Crippen molar-refractivity contribution in [3.63, 3.8) is 0 Å². The zero-order chi connectivity index (χ0) is 15.5. The molecular formula is C18H31N3. The largest absolute Gasteiger partial charge is 0.329 e. The summed E-state index contributed by atoms with van der Waals surface area (Å²) < 4.78 is 0. The Morgan fingerprint density at radius 2 is 1.90 bits per heavy atom. The lowest BCUT2D eigenvalue weighted by atomic mass is 9.86. The van der Waals surface area contributed by atoms with E-state index in [1.807, 2.05) is 0 Å². The van der Waals surface area contributed by atoms with Crippen molar-refractivity contribution in [1.29, 1.82) is 0 Å². The summed E-state index contributed by atoms with van der Waals surface area (Å²) in [6, 6.07) is 11.4. The Hall–Kier alpha value is -0.900. The molecule has 2 N–H and O–H groups in total. The summed E-state index contributed by atoms with van der Waals surface area (Å²) in [5, 5.41) is 0. The molecule has 1 aliphatic heterocycles. The molecule has 0 amide bonds. The van der Waals surface area contributed by atoms with Gasteiger partial charge >= 0.3 is 0 Å². The molecule has 21 heavy (non-hydrogen) atoms. The summed E-state index contributed by atoms with van der Waals surface area (Å²) in [7, 11) is 4.38. The van der Waals surface area contributed by atoms with Gasteiger partial charge in [-0.05, 0) is 38.4 Å². The Morgan fingerprint density at radius 1 is 1.24 bits per heavy atom. The van der Waals surface area contributed by atoms with Gasteiger partial charge in [-0.1, -0.05) is 44.2 Å². The average molecular weight is 289 g/mol. The van der Waals surface area contributed by atoms with Gasteiger partial charge in [-0.15, -0.1) is 0 Å². The number of nitrogens with two attached hydrogens (primary N) is 1. The molecule has 118 valence electrons. The molecule has 0 saturated carbocycles. The molecule has 1 saturated heterocycles. The van der Waals surface area contributed by atoms with Crippen LogP contribution >= 0.6 is 0 Å². The van der Waals surface area contributed by atoms with E-state index >= 15 is 0 Å². The fourth-order valence-electron chi connectivity index (χ4n) is 3.79. The van der Waals surface area contributed by atoms with Gasteiger partial charge in [-0.25, -0.2) is 0 Å². The molecule has 0 radical (unpaired) electrons. The Bertz CT molecular complexity index is 425. The highest BCUT2D eigenvalue weighted by Crippen LogP contribution is 2.31. The quantitative estimate of drug-likeness (QED) is 0.871. The van der Waals surface area contributed by atoms with Gasteiger partial charge in [0, 0.05) is 31.2 Å². The third-order valence-electron chi connectivity index (χ3n) is 5.32. The topological polar surface area (TPSA) is 32.5 Å². The highest BCUT2D eigenvalue weighted by molar-refractivity contribution is 5.19. The normalized spacial score (nSPS) is 26.2. The van der Waals surface area contributed by atoms with Crippen LogP contribution in [0, 0.1) is 5.92 Å². The van der Waals surface area contributed by atoms with E-state index < -0.39 is 0 Å². The second-order valence-electron chi connectivity index (χ2n) is 6.86. The first-order chi connectivity index (χ1) is 10.0. The smallest absolute Gasteiger partial charge is 0.0370 e. The maximum absolute atomic E-state index is 6.26. The van der Waals surface area contributed by atoms with Crippen LogP contribution in [0.25, 0.3) is 0 Å². The zero-order valence-electron chi connectivity index (χ0n) is 14.0. The van der Waals surface area contributed by atoms with Crippen molar-refractivity contribution in [2.24, 2.45) is 11.7 Å². The molecule has 2 rings (SSSR count). The number of hydrogen-bond acceptors (Lipinski definition) is 3. The third-order valence-corrected chi connectivity index (χ3v) is 5.32. The summed E-state index contributed by atoms with van der Waals surface area (Å²) in [6.45, 7) is 7.66. The number of hydrogen-bond donors (Lipinski definition) is 1. The van der Waals surface area contributed by atoms with E-state index in [1.54, 1.807) is 0 Å². The Kier molecular flexibility index (Phi) is 5.42. The molecule has 0 aliphatic carbocycles. The molecular weight excluding hydrogens is 258 g/mol. The van der Waals surface area contributed by atoms with Crippen molar-refractivity contribution in [1.82, 2.24) is 9.80 Å². The molecule has 0 spiro atoms. The molecule has 0 bridgehead atoms. The number of nitrogens with zero attached hydrogens (tertiary/aromatic N) is 2. The number of likely N-dealkylation sites (tertiary alicyclic amines) is 1. The molecule has 3 heteroatoms. The second kappa shape index (κ2) is 6.91. The van der Waals surface area contributed by atoms with Gasteiger partial charge in [0.1, 0.15) is 0 Å². The third kappa shape index (κ3) is 3.47. The number of likely N-dealkylation sites (N-methyl/N-ethyl adjacent to an activating group) is 1. The minimum absolute atomic E-state index is 0.0976. The van der Waals surface area contributed by atoms with Crippen LogP contribution in [0.15, 0.2) is 30.3 Å². The van der Waals surface area contributed by atoms with Crippen LogP contribution in [-0.2, 0) is 6.42 Å². The summed E-state index contributed by atoms with van der Waals surface area (Å²) in [6.07, 6.45) is 2.15. The fourth-order valence-corrected chi connectivity index (χ4v) is 3.79. The molecule has 0 aromatic heterocycles. The molecule has 1 fully saturated rings. The lowest BCUT2D eigenvalue weighted by Crippen LogP contribution is -2.54. The van der Waals surface area contributed by atoms with Crippen LogP contribution < -0.4 is 5.73 Å². The molecule has 3 atom stereocenters. The van der Waals surface area contributed by atoms with Gasteiger partial charge in [0.05, 0.1) is 0 Å². The van der Waals surface area contributed by atoms with E-state index in [2.05, 4.69) is 68.1 Å². The SMILES string of the molecule is CCC(CN)(Cc1ccccc1)N1CC(C)C(N(C)C)C1. The van der Waals surface area contributed by atoms with E-state index in [1.165, 1.54) is 5.56 Å². The van der Waals surface area contributed by atoms with Crippen molar-refractivity contribution in [3.05, 3.63) is 35.9 Å². The lowest BCUT2D eigenvalue weighted by Gasteiger charge is -2.41. The van der Waals surface area contributed by atoms with Crippen LogP contribution in [0.5, 0.6) is 0 Å². The highest BCUT2D eigenvalue weighted by atomic mass is 15.3. The summed E-state index contributed by atoms with van der Waals surface area (Å²) in [4.78, 5) is 5.01. The van der Waals surface area contributed by atoms with Gasteiger partial charge in [-0.2, -0.15) is 0 Å². The van der Waals surface area contributed by atoms with Crippen molar-refractivity contribution in [2.45, 2.75) is 38.3 Å². The van der Waals surface area contributed by atoms with Gasteiger partial charge in [0.2, 0.25) is 0 Å². The molecule has 1 heterocycles. The maximum atomic E-state index is 6.26. The van der Waals surface area contributed by atoms with Crippen LogP contribution in [0.1, 0.15) is 25.8 Å². The number of benzene rings is 1. The van der Waals surface area contributed by atoms with Crippen LogP contribution in [0.2, 0.25) is 0 Å². The van der Waals surface area contributed by atoms with Gasteiger partial charge in [-0.3, -0.25) is 4.90 Å². The molecule has 3 nitrogen and oxygen atoms in total. The van der Waals surface area contributed by atoms with Crippen LogP contribution in [0.4, 0.5) is 0 Å². The maximum Gasteiger partial charge on any atom is 0.0370 e. The summed E-state index contributed by atoms with van der Waals surface area (Å²) in [5.41, 5.74) is 7.75. The van der Waals surface area contributed by atoms with E-state index in [4.69, 9.17) is 5.73 Å². The molecule has 1 aromatic carbocycles. The zero-order valence-corrected chi connectivity index (χ0v) is 14.0.